The minimum absolute atomic E-state index is 0.703. The Kier molecular flexibility index (Phi) is 3.98. The van der Waals surface area contributed by atoms with Crippen LogP contribution in [0.25, 0.3) is 0 Å². The van der Waals surface area contributed by atoms with Gasteiger partial charge in [-0.3, -0.25) is 9.97 Å². The molecule has 0 amide bonds. The van der Waals surface area contributed by atoms with Crippen molar-refractivity contribution in [2.24, 2.45) is 0 Å². The molecule has 0 N–H and O–H groups in total. The van der Waals surface area contributed by atoms with E-state index in [0.29, 0.717) is 6.54 Å². The first kappa shape index (κ1) is 11.9. The number of hydrogen-bond acceptors (Lipinski definition) is 6. The molecule has 2 aromatic rings. The van der Waals surface area contributed by atoms with Gasteiger partial charge in [-0.1, -0.05) is 18.3 Å². The largest absolute Gasteiger partial charge is 0.344 e. The maximum atomic E-state index is 4.24. The standard InChI is InChI=1S/C11H15N5S/c1-3-4-10-14-15-11(17-10)16(2)8-9-7-12-5-6-13-9/h5-7H,3-4,8H2,1-2H3. The van der Waals surface area contributed by atoms with E-state index in [9.17, 15) is 0 Å². The number of aromatic nitrogens is 4. The molecule has 0 aliphatic rings. The van der Waals surface area contributed by atoms with Crippen molar-refractivity contribution in [3.63, 3.8) is 0 Å². The van der Waals surface area contributed by atoms with Gasteiger partial charge in [0.2, 0.25) is 5.13 Å². The number of nitrogens with zero attached hydrogens (tertiary/aromatic N) is 5. The average molecular weight is 249 g/mol. The molecule has 90 valence electrons. The van der Waals surface area contributed by atoms with Crippen molar-refractivity contribution >= 4 is 16.5 Å². The average Bonchev–Trinajstić information content (AvgIpc) is 2.79. The fraction of sp³-hybridized carbons (Fsp3) is 0.455. The van der Waals surface area contributed by atoms with E-state index >= 15 is 0 Å². The van der Waals surface area contributed by atoms with Crippen LogP contribution in [-0.4, -0.2) is 27.2 Å². The molecule has 0 bridgehead atoms. The van der Waals surface area contributed by atoms with Crippen molar-refractivity contribution < 1.29 is 0 Å². The van der Waals surface area contributed by atoms with Gasteiger partial charge in [-0.25, -0.2) is 0 Å². The summed E-state index contributed by atoms with van der Waals surface area (Å²) in [6, 6.07) is 0. The van der Waals surface area contributed by atoms with Gasteiger partial charge in [0, 0.05) is 25.9 Å². The van der Waals surface area contributed by atoms with Crippen molar-refractivity contribution in [3.05, 3.63) is 29.3 Å². The van der Waals surface area contributed by atoms with Gasteiger partial charge >= 0.3 is 0 Å². The fourth-order valence-corrected chi connectivity index (χ4v) is 2.34. The van der Waals surface area contributed by atoms with Crippen LogP contribution in [0.1, 0.15) is 24.0 Å². The maximum Gasteiger partial charge on any atom is 0.208 e. The summed E-state index contributed by atoms with van der Waals surface area (Å²) < 4.78 is 0. The van der Waals surface area contributed by atoms with E-state index in [1.54, 1.807) is 29.9 Å². The summed E-state index contributed by atoms with van der Waals surface area (Å²) in [5.41, 5.74) is 0.933. The van der Waals surface area contributed by atoms with Gasteiger partial charge in [-0.05, 0) is 6.42 Å². The van der Waals surface area contributed by atoms with Crippen LogP contribution in [0.15, 0.2) is 18.6 Å². The molecule has 0 saturated heterocycles. The molecule has 0 spiro atoms. The van der Waals surface area contributed by atoms with Crippen LogP contribution in [-0.2, 0) is 13.0 Å². The van der Waals surface area contributed by atoms with Crippen LogP contribution >= 0.6 is 11.3 Å². The maximum absolute atomic E-state index is 4.24. The molecule has 0 radical (unpaired) electrons. The highest BCUT2D eigenvalue weighted by Crippen LogP contribution is 2.20. The van der Waals surface area contributed by atoms with Gasteiger partial charge in [0.1, 0.15) is 5.01 Å². The Labute approximate surface area is 105 Å². The molecule has 0 aliphatic heterocycles. The lowest BCUT2D eigenvalue weighted by Crippen LogP contribution is -2.17. The number of hydrogen-bond donors (Lipinski definition) is 0. The van der Waals surface area contributed by atoms with Crippen molar-refractivity contribution in [1.82, 2.24) is 20.2 Å². The van der Waals surface area contributed by atoms with E-state index in [-0.39, 0.29) is 0 Å². The highest BCUT2D eigenvalue weighted by Gasteiger charge is 2.09. The summed E-state index contributed by atoms with van der Waals surface area (Å²) in [5.74, 6) is 0. The first-order valence-corrected chi connectivity index (χ1v) is 6.39. The molecular weight excluding hydrogens is 234 g/mol. The Morgan fingerprint density at radius 3 is 2.88 bits per heavy atom. The Morgan fingerprint density at radius 2 is 2.18 bits per heavy atom. The molecule has 6 heteroatoms. The Morgan fingerprint density at radius 1 is 1.29 bits per heavy atom. The second-order valence-electron chi connectivity index (χ2n) is 3.78. The van der Waals surface area contributed by atoms with Gasteiger partial charge in [0.15, 0.2) is 0 Å². The molecule has 0 atom stereocenters. The molecule has 0 fully saturated rings. The minimum Gasteiger partial charge on any atom is -0.344 e. The van der Waals surface area contributed by atoms with Gasteiger partial charge in [-0.15, -0.1) is 10.2 Å². The Balaban J connectivity index is 2.01. The second kappa shape index (κ2) is 5.67. The predicted octanol–water partition coefficient (Wildman–Crippen LogP) is 1.92. The monoisotopic (exact) mass is 249 g/mol. The number of anilines is 1. The zero-order chi connectivity index (χ0) is 12.1. The highest BCUT2D eigenvalue weighted by molar-refractivity contribution is 7.15. The fourth-order valence-electron chi connectivity index (χ4n) is 1.44. The van der Waals surface area contributed by atoms with E-state index in [0.717, 1.165) is 28.7 Å². The van der Waals surface area contributed by atoms with Gasteiger partial charge < -0.3 is 4.90 Å². The molecule has 2 rings (SSSR count). The Bertz CT molecular complexity index is 456. The molecule has 0 saturated carbocycles. The van der Waals surface area contributed by atoms with E-state index in [1.807, 2.05) is 11.9 Å². The van der Waals surface area contributed by atoms with Gasteiger partial charge in [0.25, 0.3) is 0 Å². The molecule has 2 heterocycles. The molecule has 0 aliphatic carbocycles. The quantitative estimate of drug-likeness (QED) is 0.810. The third-order valence-corrected chi connectivity index (χ3v) is 3.36. The normalized spacial score (nSPS) is 10.5. The van der Waals surface area contributed by atoms with E-state index < -0.39 is 0 Å². The van der Waals surface area contributed by atoms with Crippen LogP contribution < -0.4 is 4.90 Å². The number of aryl methyl sites for hydroxylation is 1. The molecule has 5 nitrogen and oxygen atoms in total. The van der Waals surface area contributed by atoms with E-state index in [1.165, 1.54) is 0 Å². The van der Waals surface area contributed by atoms with E-state index in [2.05, 4.69) is 27.1 Å². The van der Waals surface area contributed by atoms with Crippen molar-refractivity contribution in [1.29, 1.82) is 0 Å². The first-order valence-electron chi connectivity index (χ1n) is 5.58. The molecule has 0 unspecified atom stereocenters. The predicted molar refractivity (Wildman–Crippen MR) is 68.0 cm³/mol. The molecule has 2 aromatic heterocycles. The zero-order valence-corrected chi connectivity index (χ0v) is 10.8. The Hall–Kier alpha value is -1.56. The smallest absolute Gasteiger partial charge is 0.208 e. The summed E-state index contributed by atoms with van der Waals surface area (Å²) in [6.07, 6.45) is 7.24. The summed E-state index contributed by atoms with van der Waals surface area (Å²) >= 11 is 1.64. The lowest BCUT2D eigenvalue weighted by molar-refractivity contribution is 0.841. The van der Waals surface area contributed by atoms with Crippen LogP contribution in [0.3, 0.4) is 0 Å². The summed E-state index contributed by atoms with van der Waals surface area (Å²) in [5, 5.41) is 10.4. The van der Waals surface area contributed by atoms with Crippen LogP contribution in [0.4, 0.5) is 5.13 Å². The second-order valence-corrected chi connectivity index (χ2v) is 4.82. The summed E-state index contributed by atoms with van der Waals surface area (Å²) in [7, 11) is 1.99. The SMILES string of the molecule is CCCc1nnc(N(C)Cc2cnccn2)s1. The topological polar surface area (TPSA) is 54.8 Å². The number of rotatable bonds is 5. The van der Waals surface area contributed by atoms with Crippen LogP contribution in [0.5, 0.6) is 0 Å². The van der Waals surface area contributed by atoms with Gasteiger partial charge in [0.05, 0.1) is 18.4 Å². The summed E-state index contributed by atoms with van der Waals surface area (Å²) in [4.78, 5) is 10.3. The minimum atomic E-state index is 0.703. The third kappa shape index (κ3) is 3.20. The van der Waals surface area contributed by atoms with Crippen molar-refractivity contribution in [2.45, 2.75) is 26.3 Å². The van der Waals surface area contributed by atoms with Crippen LogP contribution in [0.2, 0.25) is 0 Å². The molecule has 0 aromatic carbocycles. The highest BCUT2D eigenvalue weighted by atomic mass is 32.1. The van der Waals surface area contributed by atoms with E-state index in [4.69, 9.17) is 0 Å². The van der Waals surface area contributed by atoms with Crippen molar-refractivity contribution in [2.75, 3.05) is 11.9 Å². The first-order chi connectivity index (χ1) is 8.29. The lowest BCUT2D eigenvalue weighted by Gasteiger charge is -2.13. The molecule has 17 heavy (non-hydrogen) atoms. The third-order valence-electron chi connectivity index (χ3n) is 2.26. The summed E-state index contributed by atoms with van der Waals surface area (Å²) in [6.45, 7) is 2.85. The molecular formula is C11H15N5S. The van der Waals surface area contributed by atoms with Gasteiger partial charge in [-0.2, -0.15) is 0 Å². The van der Waals surface area contributed by atoms with Crippen molar-refractivity contribution in [3.8, 4) is 0 Å². The zero-order valence-electron chi connectivity index (χ0n) is 10.00. The lowest BCUT2D eigenvalue weighted by atomic mass is 10.4. The van der Waals surface area contributed by atoms with Crippen LogP contribution in [0, 0.1) is 0 Å².